The van der Waals surface area contributed by atoms with Gasteiger partial charge >= 0.3 is 11.1 Å². The molecule has 1 aromatic heterocycles. The molecule has 0 saturated heterocycles. The highest BCUT2D eigenvalue weighted by Gasteiger charge is 2.09. The molecule has 0 N–H and O–H groups in total. The van der Waals surface area contributed by atoms with E-state index in [0.717, 1.165) is 10.6 Å². The van der Waals surface area contributed by atoms with E-state index in [1.54, 1.807) is 0 Å². The van der Waals surface area contributed by atoms with Gasteiger partial charge in [-0.25, -0.2) is 4.39 Å². The van der Waals surface area contributed by atoms with E-state index in [2.05, 4.69) is 0 Å². The summed E-state index contributed by atoms with van der Waals surface area (Å²) in [6.07, 6.45) is 2.88. The van der Waals surface area contributed by atoms with Crippen LogP contribution in [-0.4, -0.2) is 30.0 Å². The molecule has 0 fully saturated rings. The van der Waals surface area contributed by atoms with E-state index in [-0.39, 0.29) is 18.0 Å². The third kappa shape index (κ3) is 3.03. The summed E-state index contributed by atoms with van der Waals surface area (Å²) in [5.41, 5.74) is -1.18. The van der Waals surface area contributed by atoms with E-state index in [1.165, 1.54) is 43.3 Å². The van der Waals surface area contributed by atoms with Gasteiger partial charge in [0.15, 0.2) is 11.6 Å². The van der Waals surface area contributed by atoms with Crippen LogP contribution in [0.1, 0.15) is 0 Å². The summed E-state index contributed by atoms with van der Waals surface area (Å²) in [5.74, 6) is -0.536. The highest BCUT2D eigenvalue weighted by Crippen LogP contribution is 2.18. The number of ether oxygens (including phenoxy) is 2. The molecule has 0 amide bonds. The highest BCUT2D eigenvalue weighted by atomic mass is 19.1. The molecule has 0 saturated carbocycles. The van der Waals surface area contributed by atoms with Crippen LogP contribution in [0, 0.1) is 5.82 Å². The van der Waals surface area contributed by atoms with Gasteiger partial charge in [-0.2, -0.15) is 0 Å². The first-order chi connectivity index (χ1) is 10.1. The van der Waals surface area contributed by atoms with E-state index >= 15 is 0 Å². The maximum Gasteiger partial charge on any atom is 0.320 e. The summed E-state index contributed by atoms with van der Waals surface area (Å²) in [7, 11) is 2.85. The molecule has 0 atom stereocenters. The van der Waals surface area contributed by atoms with Crippen molar-refractivity contribution in [1.82, 2.24) is 9.13 Å². The third-order valence-corrected chi connectivity index (χ3v) is 3.01. The number of hydrogen-bond acceptors (Lipinski definition) is 4. The summed E-state index contributed by atoms with van der Waals surface area (Å²) in [6.45, 7) is 0.600. The standard InChI is InChI=1S/C14H15FN2O4/c1-20-8-7-16-5-6-17(14(19)13(16)18)10-3-4-12(21-2)11(15)9-10/h3-6,9H,7-8H2,1-2H3. The largest absolute Gasteiger partial charge is 0.494 e. The maximum atomic E-state index is 13.7. The zero-order valence-corrected chi connectivity index (χ0v) is 11.7. The van der Waals surface area contributed by atoms with Crippen molar-refractivity contribution < 1.29 is 13.9 Å². The predicted molar refractivity (Wildman–Crippen MR) is 74.7 cm³/mol. The minimum absolute atomic E-state index is 0.0697. The second kappa shape index (κ2) is 6.36. The Labute approximate surface area is 120 Å². The molecule has 0 aliphatic rings. The molecule has 0 aliphatic heterocycles. The monoisotopic (exact) mass is 294 g/mol. The number of methoxy groups -OCH3 is 2. The van der Waals surface area contributed by atoms with Crippen LogP contribution >= 0.6 is 0 Å². The Morgan fingerprint density at radius 3 is 2.52 bits per heavy atom. The average molecular weight is 294 g/mol. The van der Waals surface area contributed by atoms with Crippen LogP contribution < -0.4 is 15.9 Å². The van der Waals surface area contributed by atoms with Gasteiger partial charge in [-0.15, -0.1) is 0 Å². The number of aromatic nitrogens is 2. The summed E-state index contributed by atoms with van der Waals surface area (Å²) in [4.78, 5) is 24.0. The fourth-order valence-electron chi connectivity index (χ4n) is 1.88. The first kappa shape index (κ1) is 15.0. The Bertz CT molecular complexity index is 751. The number of rotatable bonds is 5. The molecule has 6 nitrogen and oxygen atoms in total. The zero-order valence-electron chi connectivity index (χ0n) is 11.7. The van der Waals surface area contributed by atoms with Gasteiger partial charge in [0.1, 0.15) is 0 Å². The maximum absolute atomic E-state index is 13.7. The number of nitrogens with zero attached hydrogens (tertiary/aromatic N) is 2. The van der Waals surface area contributed by atoms with Gasteiger partial charge in [0.25, 0.3) is 0 Å². The lowest BCUT2D eigenvalue weighted by molar-refractivity contribution is 0.186. The van der Waals surface area contributed by atoms with Crippen LogP contribution in [-0.2, 0) is 11.3 Å². The summed E-state index contributed by atoms with van der Waals surface area (Å²) in [6, 6.07) is 4.04. The smallest absolute Gasteiger partial charge is 0.320 e. The fourth-order valence-corrected chi connectivity index (χ4v) is 1.88. The first-order valence-electron chi connectivity index (χ1n) is 6.23. The molecule has 7 heteroatoms. The molecular formula is C14H15FN2O4. The summed E-state index contributed by atoms with van der Waals surface area (Å²) < 4.78 is 25.7. The third-order valence-electron chi connectivity index (χ3n) is 3.01. The quantitative estimate of drug-likeness (QED) is 0.765. The molecule has 2 rings (SSSR count). The Kier molecular flexibility index (Phi) is 4.54. The van der Waals surface area contributed by atoms with E-state index in [4.69, 9.17) is 9.47 Å². The van der Waals surface area contributed by atoms with E-state index < -0.39 is 16.9 Å². The molecular weight excluding hydrogens is 279 g/mol. The van der Waals surface area contributed by atoms with Gasteiger partial charge in [-0.1, -0.05) is 0 Å². The van der Waals surface area contributed by atoms with E-state index in [0.29, 0.717) is 6.61 Å². The Morgan fingerprint density at radius 1 is 1.14 bits per heavy atom. The fraction of sp³-hybridized carbons (Fsp3) is 0.286. The summed E-state index contributed by atoms with van der Waals surface area (Å²) in [5, 5.41) is 0. The van der Waals surface area contributed by atoms with Crippen LogP contribution in [0.25, 0.3) is 5.69 Å². The Balaban J connectivity index is 2.46. The van der Waals surface area contributed by atoms with Crippen molar-refractivity contribution in [3.8, 4) is 11.4 Å². The molecule has 112 valence electrons. The highest BCUT2D eigenvalue weighted by molar-refractivity contribution is 5.38. The van der Waals surface area contributed by atoms with Crippen LogP contribution in [0.4, 0.5) is 4.39 Å². The van der Waals surface area contributed by atoms with Crippen LogP contribution in [0.15, 0.2) is 40.2 Å². The van der Waals surface area contributed by atoms with Gasteiger partial charge < -0.3 is 14.0 Å². The van der Waals surface area contributed by atoms with Gasteiger partial charge in [-0.3, -0.25) is 14.2 Å². The van der Waals surface area contributed by atoms with Gasteiger partial charge in [0, 0.05) is 32.1 Å². The molecule has 0 bridgehead atoms. The lowest BCUT2D eigenvalue weighted by Crippen LogP contribution is -2.40. The molecule has 0 spiro atoms. The van der Waals surface area contributed by atoms with Crippen molar-refractivity contribution in [2.24, 2.45) is 0 Å². The Morgan fingerprint density at radius 2 is 1.90 bits per heavy atom. The molecule has 0 unspecified atom stereocenters. The second-order valence-corrected chi connectivity index (χ2v) is 4.28. The number of benzene rings is 1. The molecule has 1 heterocycles. The van der Waals surface area contributed by atoms with E-state index in [9.17, 15) is 14.0 Å². The number of halogens is 1. The molecule has 1 aromatic carbocycles. The molecule has 0 radical (unpaired) electrons. The van der Waals surface area contributed by atoms with Gasteiger partial charge in [-0.05, 0) is 12.1 Å². The van der Waals surface area contributed by atoms with Crippen LogP contribution in [0.2, 0.25) is 0 Å². The molecule has 21 heavy (non-hydrogen) atoms. The van der Waals surface area contributed by atoms with Crippen molar-refractivity contribution in [2.45, 2.75) is 6.54 Å². The lowest BCUT2D eigenvalue weighted by Gasteiger charge is -2.09. The normalized spacial score (nSPS) is 10.6. The molecule has 2 aromatic rings. The second-order valence-electron chi connectivity index (χ2n) is 4.28. The lowest BCUT2D eigenvalue weighted by atomic mass is 10.3. The Hall–Kier alpha value is -2.41. The first-order valence-corrected chi connectivity index (χ1v) is 6.23. The minimum atomic E-state index is -0.752. The number of hydrogen-bond donors (Lipinski definition) is 0. The van der Waals surface area contributed by atoms with Crippen molar-refractivity contribution in [3.63, 3.8) is 0 Å². The predicted octanol–water partition coefficient (Wildman–Crippen LogP) is 0.793. The zero-order chi connectivity index (χ0) is 15.4. The van der Waals surface area contributed by atoms with E-state index in [1.807, 2.05) is 0 Å². The van der Waals surface area contributed by atoms with Crippen LogP contribution in [0.5, 0.6) is 5.75 Å². The van der Waals surface area contributed by atoms with Gasteiger partial charge in [0.2, 0.25) is 0 Å². The van der Waals surface area contributed by atoms with Crippen LogP contribution in [0.3, 0.4) is 0 Å². The summed E-state index contributed by atoms with van der Waals surface area (Å²) >= 11 is 0. The topological polar surface area (TPSA) is 62.5 Å². The minimum Gasteiger partial charge on any atom is -0.494 e. The van der Waals surface area contributed by atoms with Crippen molar-refractivity contribution in [2.75, 3.05) is 20.8 Å². The SMILES string of the molecule is COCCn1ccn(-c2ccc(OC)c(F)c2)c(=O)c1=O. The average Bonchev–Trinajstić information content (AvgIpc) is 2.49. The van der Waals surface area contributed by atoms with Crippen molar-refractivity contribution in [3.05, 3.63) is 57.1 Å². The van der Waals surface area contributed by atoms with Crippen molar-refractivity contribution in [1.29, 1.82) is 0 Å². The van der Waals surface area contributed by atoms with Crippen molar-refractivity contribution >= 4 is 0 Å². The van der Waals surface area contributed by atoms with Gasteiger partial charge in [0.05, 0.1) is 19.4 Å². The molecule has 0 aliphatic carbocycles.